The van der Waals surface area contributed by atoms with E-state index in [1.165, 1.54) is 29.7 Å². The Hall–Kier alpha value is -1.39. The van der Waals surface area contributed by atoms with Gasteiger partial charge in [-0.3, -0.25) is 0 Å². The quantitative estimate of drug-likeness (QED) is 0.942. The highest BCUT2D eigenvalue weighted by atomic mass is 16.5. The molecule has 1 aromatic heterocycles. The molecule has 1 unspecified atom stereocenters. The third-order valence-corrected chi connectivity index (χ3v) is 4.84. The van der Waals surface area contributed by atoms with Crippen molar-refractivity contribution in [2.45, 2.75) is 44.2 Å². The molecule has 0 bridgehead atoms. The van der Waals surface area contributed by atoms with Crippen molar-refractivity contribution in [3.8, 4) is 0 Å². The molecule has 0 radical (unpaired) electrons. The summed E-state index contributed by atoms with van der Waals surface area (Å²) in [6, 6.07) is 7.04. The molecule has 1 aliphatic carbocycles. The number of nitrogens with zero attached hydrogens (tertiary/aromatic N) is 2. The van der Waals surface area contributed by atoms with Gasteiger partial charge in [0.1, 0.15) is 5.82 Å². The Balaban J connectivity index is 1.86. The first-order valence-corrected chi connectivity index (χ1v) is 8.00. The summed E-state index contributed by atoms with van der Waals surface area (Å²) < 4.78 is 8.23. The molecule has 2 aromatic rings. The lowest BCUT2D eigenvalue weighted by molar-refractivity contribution is 0.0395. The van der Waals surface area contributed by atoms with E-state index >= 15 is 0 Å². The van der Waals surface area contributed by atoms with Crippen LogP contribution in [0.4, 0.5) is 0 Å². The zero-order chi connectivity index (χ0) is 14.4. The minimum absolute atomic E-state index is 0.231. The van der Waals surface area contributed by atoms with Gasteiger partial charge in [0.15, 0.2) is 0 Å². The van der Waals surface area contributed by atoms with Gasteiger partial charge in [0, 0.05) is 19.6 Å². The molecule has 1 aromatic carbocycles. The lowest BCUT2D eigenvalue weighted by Crippen LogP contribution is -2.43. The average molecular weight is 285 g/mol. The van der Waals surface area contributed by atoms with Gasteiger partial charge in [-0.1, -0.05) is 6.07 Å². The Kier molecular flexibility index (Phi) is 3.23. The van der Waals surface area contributed by atoms with Crippen LogP contribution in [0.2, 0.25) is 0 Å². The molecule has 1 saturated carbocycles. The molecule has 1 aliphatic heterocycles. The fourth-order valence-electron chi connectivity index (χ4n) is 3.56. The van der Waals surface area contributed by atoms with E-state index in [0.29, 0.717) is 12.0 Å². The molecular weight excluding hydrogens is 262 g/mol. The number of piperidine rings is 1. The second-order valence-electron chi connectivity index (χ2n) is 6.44. The van der Waals surface area contributed by atoms with E-state index in [-0.39, 0.29) is 6.10 Å². The summed E-state index contributed by atoms with van der Waals surface area (Å²) in [5, 5.41) is 3.44. The first-order valence-electron chi connectivity index (χ1n) is 8.00. The number of ether oxygens (including phenoxy) is 1. The van der Waals surface area contributed by atoms with Crippen LogP contribution in [0.3, 0.4) is 0 Å². The van der Waals surface area contributed by atoms with E-state index in [0.717, 1.165) is 25.0 Å². The Morgan fingerprint density at radius 1 is 1.29 bits per heavy atom. The van der Waals surface area contributed by atoms with Crippen LogP contribution in [-0.4, -0.2) is 35.9 Å². The molecule has 2 atom stereocenters. The van der Waals surface area contributed by atoms with Crippen LogP contribution in [0.25, 0.3) is 11.0 Å². The molecule has 2 aliphatic rings. The third-order valence-electron chi connectivity index (χ3n) is 4.84. The first kappa shape index (κ1) is 13.3. The van der Waals surface area contributed by atoms with E-state index in [2.05, 4.69) is 35.0 Å². The van der Waals surface area contributed by atoms with Gasteiger partial charge in [0.25, 0.3) is 0 Å². The number of methoxy groups -OCH3 is 1. The second-order valence-corrected chi connectivity index (χ2v) is 6.44. The lowest BCUT2D eigenvalue weighted by atomic mass is 10.0. The predicted octanol–water partition coefficient (Wildman–Crippen LogP) is 2.77. The highest BCUT2D eigenvalue weighted by Crippen LogP contribution is 2.43. The topological polar surface area (TPSA) is 39.1 Å². The number of hydrogen-bond donors (Lipinski definition) is 1. The van der Waals surface area contributed by atoms with Gasteiger partial charge in [0.05, 0.1) is 23.2 Å². The summed E-state index contributed by atoms with van der Waals surface area (Å²) in [5.41, 5.74) is 3.70. The smallest absolute Gasteiger partial charge is 0.113 e. The van der Waals surface area contributed by atoms with Crippen molar-refractivity contribution in [2.24, 2.45) is 0 Å². The highest BCUT2D eigenvalue weighted by molar-refractivity contribution is 5.77. The summed E-state index contributed by atoms with van der Waals surface area (Å²) in [4.78, 5) is 4.97. The number of benzene rings is 1. The van der Waals surface area contributed by atoms with Crippen LogP contribution in [0.1, 0.15) is 42.6 Å². The monoisotopic (exact) mass is 285 g/mol. The Morgan fingerprint density at radius 2 is 2.14 bits per heavy atom. The average Bonchev–Trinajstić information content (AvgIpc) is 3.28. The van der Waals surface area contributed by atoms with Crippen LogP contribution < -0.4 is 5.32 Å². The van der Waals surface area contributed by atoms with Gasteiger partial charge in [-0.15, -0.1) is 0 Å². The van der Waals surface area contributed by atoms with E-state index < -0.39 is 0 Å². The van der Waals surface area contributed by atoms with E-state index in [4.69, 9.17) is 9.72 Å². The summed E-state index contributed by atoms with van der Waals surface area (Å²) in [6.07, 6.45) is 3.91. The summed E-state index contributed by atoms with van der Waals surface area (Å²) >= 11 is 0. The molecule has 112 valence electrons. The number of hydrogen-bond acceptors (Lipinski definition) is 3. The van der Waals surface area contributed by atoms with Crippen LogP contribution in [0, 0.1) is 6.92 Å². The standard InChI is InChI=1S/C17H23N3O/c1-11-3-6-14-13(9-11)19-17(12-4-5-12)20(14)15-7-8-18-10-16(15)21-2/h3,6,9,12,15-16,18H,4-5,7-8,10H2,1-2H3/t15-,16?/m0/s1. The van der Waals surface area contributed by atoms with Crippen molar-refractivity contribution >= 4 is 11.0 Å². The molecular formula is C17H23N3O. The van der Waals surface area contributed by atoms with Gasteiger partial charge >= 0.3 is 0 Å². The fourth-order valence-corrected chi connectivity index (χ4v) is 3.56. The van der Waals surface area contributed by atoms with Crippen LogP contribution in [0.15, 0.2) is 18.2 Å². The first-order chi connectivity index (χ1) is 10.3. The third kappa shape index (κ3) is 2.27. The lowest BCUT2D eigenvalue weighted by Gasteiger charge is -2.33. The van der Waals surface area contributed by atoms with Gasteiger partial charge in [0.2, 0.25) is 0 Å². The molecule has 4 nitrogen and oxygen atoms in total. The van der Waals surface area contributed by atoms with Crippen LogP contribution in [-0.2, 0) is 4.74 Å². The van der Waals surface area contributed by atoms with Crippen molar-refractivity contribution in [3.63, 3.8) is 0 Å². The van der Waals surface area contributed by atoms with E-state index in [1.54, 1.807) is 0 Å². The maximum absolute atomic E-state index is 5.74. The van der Waals surface area contributed by atoms with Gasteiger partial charge in [-0.05, 0) is 50.4 Å². The normalized spacial score (nSPS) is 26.4. The maximum atomic E-state index is 5.74. The number of fused-ring (bicyclic) bond motifs is 1. The highest BCUT2D eigenvalue weighted by Gasteiger charge is 2.35. The van der Waals surface area contributed by atoms with Crippen molar-refractivity contribution < 1.29 is 4.74 Å². The molecule has 0 spiro atoms. The molecule has 2 heterocycles. The fraction of sp³-hybridized carbons (Fsp3) is 0.588. The molecule has 4 heteroatoms. The minimum atomic E-state index is 0.231. The van der Waals surface area contributed by atoms with Crippen molar-refractivity contribution in [1.29, 1.82) is 0 Å². The molecule has 0 amide bonds. The molecule has 1 N–H and O–H groups in total. The number of nitrogens with one attached hydrogen (secondary N) is 1. The Bertz CT molecular complexity index is 659. The van der Waals surface area contributed by atoms with Gasteiger partial charge in [-0.2, -0.15) is 0 Å². The van der Waals surface area contributed by atoms with Crippen molar-refractivity contribution in [1.82, 2.24) is 14.9 Å². The minimum Gasteiger partial charge on any atom is -0.378 e. The van der Waals surface area contributed by atoms with E-state index in [1.807, 2.05) is 7.11 Å². The summed E-state index contributed by atoms with van der Waals surface area (Å²) in [6.45, 7) is 4.12. The summed E-state index contributed by atoms with van der Waals surface area (Å²) in [7, 11) is 1.82. The largest absolute Gasteiger partial charge is 0.378 e. The zero-order valence-electron chi connectivity index (χ0n) is 12.8. The number of aryl methyl sites for hydroxylation is 1. The van der Waals surface area contributed by atoms with E-state index in [9.17, 15) is 0 Å². The summed E-state index contributed by atoms with van der Waals surface area (Å²) in [5.74, 6) is 1.94. The number of aromatic nitrogens is 2. The molecule has 4 rings (SSSR count). The Morgan fingerprint density at radius 3 is 2.90 bits per heavy atom. The van der Waals surface area contributed by atoms with Gasteiger partial charge in [-0.25, -0.2) is 4.98 Å². The van der Waals surface area contributed by atoms with Crippen LogP contribution in [0.5, 0.6) is 0 Å². The maximum Gasteiger partial charge on any atom is 0.113 e. The zero-order valence-corrected chi connectivity index (χ0v) is 12.8. The molecule has 21 heavy (non-hydrogen) atoms. The van der Waals surface area contributed by atoms with Crippen molar-refractivity contribution in [2.75, 3.05) is 20.2 Å². The number of imidazole rings is 1. The van der Waals surface area contributed by atoms with Crippen LogP contribution >= 0.6 is 0 Å². The molecule has 1 saturated heterocycles. The second kappa shape index (κ2) is 5.11. The predicted molar refractivity (Wildman–Crippen MR) is 83.8 cm³/mol. The number of rotatable bonds is 3. The molecule has 2 fully saturated rings. The SMILES string of the molecule is COC1CNCC[C@@H]1n1c(C2CC2)nc2cc(C)ccc21. The van der Waals surface area contributed by atoms with Crippen molar-refractivity contribution in [3.05, 3.63) is 29.6 Å². The Labute approximate surface area is 125 Å². The van der Waals surface area contributed by atoms with Gasteiger partial charge < -0.3 is 14.6 Å².